The number of rotatable bonds is 6. The molecule has 160 valence electrons. The number of hydrogen-bond acceptors (Lipinski definition) is 8. The number of fused-ring (bicyclic) bond motifs is 1. The van der Waals surface area contributed by atoms with Crippen molar-refractivity contribution < 1.29 is 31.9 Å². The molecule has 0 atom stereocenters. The Morgan fingerprint density at radius 1 is 1.13 bits per heavy atom. The van der Waals surface area contributed by atoms with Crippen LogP contribution in [0.3, 0.4) is 0 Å². The van der Waals surface area contributed by atoms with E-state index >= 15 is 0 Å². The highest BCUT2D eigenvalue weighted by atomic mass is 32.1. The van der Waals surface area contributed by atoms with Gasteiger partial charge < -0.3 is 14.5 Å². The molecular weight excluding hydrogens is 457 g/mol. The van der Waals surface area contributed by atoms with Crippen molar-refractivity contribution in [2.24, 2.45) is 0 Å². The first-order valence-electron chi connectivity index (χ1n) is 8.50. The van der Waals surface area contributed by atoms with Gasteiger partial charge in [0, 0.05) is 11.4 Å². The van der Waals surface area contributed by atoms with Crippen molar-refractivity contribution in [2.45, 2.75) is 12.8 Å². The summed E-state index contributed by atoms with van der Waals surface area (Å²) in [7, 11) is 0. The lowest BCUT2D eigenvalue weighted by Crippen LogP contribution is -2.16. The molecule has 1 aromatic carbocycles. The van der Waals surface area contributed by atoms with E-state index in [0.717, 1.165) is 28.7 Å². The first-order valence-corrected chi connectivity index (χ1v) is 10.2. The summed E-state index contributed by atoms with van der Waals surface area (Å²) in [5.74, 6) is -1.11. The molecule has 3 aromatic heterocycles. The maximum absolute atomic E-state index is 12.3. The number of nitrogens with zero attached hydrogens (tertiary/aromatic N) is 2. The van der Waals surface area contributed by atoms with E-state index in [2.05, 4.69) is 25.3 Å². The number of ether oxygens (including phenoxy) is 1. The van der Waals surface area contributed by atoms with Crippen LogP contribution in [0, 0.1) is 0 Å². The summed E-state index contributed by atoms with van der Waals surface area (Å²) < 4.78 is 46.3. The third-order valence-electron chi connectivity index (χ3n) is 3.70. The molecule has 0 saturated heterocycles. The van der Waals surface area contributed by atoms with Crippen LogP contribution in [0.15, 0.2) is 46.4 Å². The van der Waals surface area contributed by atoms with Gasteiger partial charge in [-0.15, -0.1) is 24.5 Å². The second-order valence-corrected chi connectivity index (χ2v) is 7.89. The summed E-state index contributed by atoms with van der Waals surface area (Å²) in [4.78, 5) is 32.6. The van der Waals surface area contributed by atoms with E-state index < -0.39 is 18.2 Å². The molecule has 0 bridgehead atoms. The number of carbonyl (C=O) groups excluding carboxylic acids is 2. The molecule has 13 heteroatoms. The monoisotopic (exact) mass is 468 g/mol. The average Bonchev–Trinajstić information content (AvgIpc) is 3.40. The highest BCUT2D eigenvalue weighted by Gasteiger charge is 2.31. The number of furan rings is 1. The molecular formula is C18H11F3N4O4S2. The van der Waals surface area contributed by atoms with E-state index in [1.54, 1.807) is 11.4 Å². The number of anilines is 2. The number of thiazole rings is 2. The summed E-state index contributed by atoms with van der Waals surface area (Å²) in [5, 5.41) is 7.31. The Hall–Kier alpha value is -3.45. The van der Waals surface area contributed by atoms with Crippen molar-refractivity contribution in [1.29, 1.82) is 0 Å². The van der Waals surface area contributed by atoms with Crippen LogP contribution in [0.4, 0.5) is 23.4 Å². The van der Waals surface area contributed by atoms with Gasteiger partial charge in [0.1, 0.15) is 5.75 Å². The van der Waals surface area contributed by atoms with Crippen molar-refractivity contribution in [3.8, 4) is 5.75 Å². The minimum atomic E-state index is -4.79. The smallest absolute Gasteiger partial charge is 0.459 e. The van der Waals surface area contributed by atoms with Gasteiger partial charge >= 0.3 is 6.36 Å². The highest BCUT2D eigenvalue weighted by Crippen LogP contribution is 2.31. The quantitative estimate of drug-likeness (QED) is 0.426. The van der Waals surface area contributed by atoms with Crippen LogP contribution < -0.4 is 15.4 Å². The molecule has 4 aromatic rings. The maximum atomic E-state index is 12.3. The van der Waals surface area contributed by atoms with Gasteiger partial charge in [0.25, 0.3) is 5.91 Å². The van der Waals surface area contributed by atoms with E-state index in [1.807, 2.05) is 0 Å². The zero-order valence-electron chi connectivity index (χ0n) is 15.2. The second kappa shape index (κ2) is 8.35. The number of halogens is 3. The van der Waals surface area contributed by atoms with Crippen LogP contribution in [0.1, 0.15) is 16.2 Å². The molecule has 8 nitrogen and oxygen atoms in total. The summed E-state index contributed by atoms with van der Waals surface area (Å²) in [5.41, 5.74) is 0.852. The van der Waals surface area contributed by atoms with Crippen molar-refractivity contribution in [2.75, 3.05) is 10.6 Å². The molecule has 31 heavy (non-hydrogen) atoms. The normalized spacial score (nSPS) is 11.5. The number of alkyl halides is 3. The summed E-state index contributed by atoms with van der Waals surface area (Å²) in [6.07, 6.45) is -3.50. The minimum absolute atomic E-state index is 0.0779. The Balaban J connectivity index is 1.37. The first-order chi connectivity index (χ1) is 14.7. The lowest BCUT2D eigenvalue weighted by molar-refractivity contribution is -0.274. The van der Waals surface area contributed by atoms with Crippen molar-refractivity contribution >= 4 is 55.0 Å². The Morgan fingerprint density at radius 3 is 2.71 bits per heavy atom. The van der Waals surface area contributed by atoms with E-state index in [1.165, 1.54) is 24.5 Å². The Morgan fingerprint density at radius 2 is 1.97 bits per heavy atom. The fraction of sp³-hybridized carbons (Fsp3) is 0.111. The molecule has 2 amide bonds. The molecule has 0 saturated carbocycles. The fourth-order valence-electron chi connectivity index (χ4n) is 2.50. The zero-order valence-corrected chi connectivity index (χ0v) is 16.9. The number of carbonyl (C=O) groups is 2. The van der Waals surface area contributed by atoms with Gasteiger partial charge in [-0.25, -0.2) is 9.97 Å². The number of aromatic nitrogens is 2. The van der Waals surface area contributed by atoms with Gasteiger partial charge in [0.15, 0.2) is 16.0 Å². The van der Waals surface area contributed by atoms with Crippen molar-refractivity contribution in [3.05, 3.63) is 53.4 Å². The molecule has 0 aliphatic heterocycles. The lowest BCUT2D eigenvalue weighted by Gasteiger charge is -2.07. The number of nitrogens with one attached hydrogen (secondary N) is 2. The van der Waals surface area contributed by atoms with Gasteiger partial charge in [0.2, 0.25) is 5.91 Å². The van der Waals surface area contributed by atoms with Crippen LogP contribution >= 0.6 is 22.7 Å². The Kier molecular flexibility index (Phi) is 5.61. The fourth-order valence-corrected chi connectivity index (χ4v) is 4.11. The molecule has 0 fully saturated rings. The third kappa shape index (κ3) is 5.38. The summed E-state index contributed by atoms with van der Waals surface area (Å²) in [6, 6.07) is 6.81. The maximum Gasteiger partial charge on any atom is 0.573 e. The van der Waals surface area contributed by atoms with Gasteiger partial charge in [-0.2, -0.15) is 0 Å². The van der Waals surface area contributed by atoms with Crippen LogP contribution in [-0.2, 0) is 11.2 Å². The zero-order chi connectivity index (χ0) is 22.0. The van der Waals surface area contributed by atoms with Gasteiger partial charge in [-0.1, -0.05) is 11.3 Å². The van der Waals surface area contributed by atoms with Gasteiger partial charge in [0.05, 0.1) is 28.6 Å². The topological polar surface area (TPSA) is 106 Å². The average molecular weight is 468 g/mol. The number of amides is 2. The minimum Gasteiger partial charge on any atom is -0.459 e. The van der Waals surface area contributed by atoms with Crippen LogP contribution in [0.5, 0.6) is 5.75 Å². The molecule has 0 spiro atoms. The van der Waals surface area contributed by atoms with E-state index in [-0.39, 0.29) is 23.1 Å². The summed E-state index contributed by atoms with van der Waals surface area (Å²) in [6.45, 7) is 0. The second-order valence-electron chi connectivity index (χ2n) is 6.00. The lowest BCUT2D eigenvalue weighted by atomic mass is 10.3. The third-order valence-corrected chi connectivity index (χ3v) is 5.44. The molecule has 4 rings (SSSR count). The van der Waals surface area contributed by atoms with Crippen LogP contribution in [-0.4, -0.2) is 28.1 Å². The predicted octanol–water partition coefficient (Wildman–Crippen LogP) is 4.68. The number of benzene rings is 1. The Labute approximate surface area is 179 Å². The molecule has 0 unspecified atom stereocenters. The summed E-state index contributed by atoms with van der Waals surface area (Å²) >= 11 is 2.16. The van der Waals surface area contributed by atoms with Crippen molar-refractivity contribution in [3.63, 3.8) is 0 Å². The molecule has 2 N–H and O–H groups in total. The highest BCUT2D eigenvalue weighted by molar-refractivity contribution is 7.22. The standard InChI is InChI=1S/C18H11F3N4O4S2/c19-18(20,21)29-10-3-4-11-13(7-10)31-17(23-11)24-14(26)6-9-8-30-16(22-9)25-15(27)12-2-1-5-28-12/h1-5,7-8H,6H2,(H,22,25,27)(H,23,24,26). The molecule has 3 heterocycles. The molecule has 0 aliphatic carbocycles. The molecule has 0 aliphatic rings. The SMILES string of the molecule is O=C(Cc1csc(NC(=O)c2ccco2)n1)Nc1nc2ccc(OC(F)(F)F)cc2s1. The van der Waals surface area contributed by atoms with Crippen LogP contribution in [0.25, 0.3) is 10.2 Å². The van der Waals surface area contributed by atoms with Crippen molar-refractivity contribution in [1.82, 2.24) is 9.97 Å². The van der Waals surface area contributed by atoms with E-state index in [0.29, 0.717) is 21.0 Å². The molecule has 0 radical (unpaired) electrons. The largest absolute Gasteiger partial charge is 0.573 e. The van der Waals surface area contributed by atoms with Crippen LogP contribution in [0.2, 0.25) is 0 Å². The van der Waals surface area contributed by atoms with E-state index in [4.69, 9.17) is 4.42 Å². The predicted molar refractivity (Wildman–Crippen MR) is 107 cm³/mol. The van der Waals surface area contributed by atoms with E-state index in [9.17, 15) is 22.8 Å². The van der Waals surface area contributed by atoms with Gasteiger partial charge in [-0.3, -0.25) is 14.9 Å². The Bertz CT molecular complexity index is 1230. The van der Waals surface area contributed by atoms with Gasteiger partial charge in [-0.05, 0) is 24.3 Å². The first kappa shape index (κ1) is 20.8. The number of hydrogen-bond donors (Lipinski definition) is 2.